The molecule has 2 atom stereocenters. The van der Waals surface area contributed by atoms with Gasteiger partial charge in [0.15, 0.2) is 6.29 Å². The second kappa shape index (κ2) is 3.65. The molecule has 0 saturated carbocycles. The van der Waals surface area contributed by atoms with E-state index in [0.717, 1.165) is 12.8 Å². The molecule has 1 aliphatic rings. The van der Waals surface area contributed by atoms with Gasteiger partial charge in [0.1, 0.15) is 0 Å². The Labute approximate surface area is 64.6 Å². The Balaban J connectivity index is 2.30. The molecule has 0 amide bonds. The first-order valence-corrected chi connectivity index (χ1v) is 4.91. The first-order chi connectivity index (χ1) is 5.08. The van der Waals surface area contributed by atoms with Crippen molar-refractivity contribution in [1.82, 2.24) is 0 Å². The van der Waals surface area contributed by atoms with Gasteiger partial charge in [-0.05, 0) is 19.3 Å². The lowest BCUT2D eigenvalue weighted by Gasteiger charge is -2.26. The molecular weight excluding hydrogens is 171 g/mol. The highest BCUT2D eigenvalue weighted by molar-refractivity contribution is 7.44. The van der Waals surface area contributed by atoms with Crippen LogP contribution in [-0.2, 0) is 13.8 Å². The predicted octanol–water partition coefficient (Wildman–Crippen LogP) is -0.00970. The quantitative estimate of drug-likeness (QED) is 0.606. The Hall–Kier alpha value is 0.0700. The summed E-state index contributed by atoms with van der Waals surface area (Å²) in [5.41, 5.74) is 0. The lowest BCUT2D eigenvalue weighted by atomic mass is 10.2. The summed E-state index contributed by atoms with van der Waals surface area (Å²) in [4.78, 5) is 18.4. The van der Waals surface area contributed by atoms with Gasteiger partial charge in [-0.3, -0.25) is 9.09 Å². The van der Waals surface area contributed by atoms with Gasteiger partial charge in [0, 0.05) is 6.61 Å². The monoisotopic (exact) mass is 181 g/mol. The number of hydrogen-bond donors (Lipinski definition) is 1. The van der Waals surface area contributed by atoms with E-state index in [1.165, 1.54) is 0 Å². The molecule has 5 nitrogen and oxygen atoms in total. The minimum atomic E-state index is -4.61. The van der Waals surface area contributed by atoms with Gasteiger partial charge >= 0.3 is 0 Å². The van der Waals surface area contributed by atoms with E-state index >= 15 is 0 Å². The zero-order valence-electron chi connectivity index (χ0n) is 5.93. The smallest absolute Gasteiger partial charge is 0.267 e. The van der Waals surface area contributed by atoms with Crippen molar-refractivity contribution in [2.24, 2.45) is 0 Å². The van der Waals surface area contributed by atoms with Crippen LogP contribution >= 0.6 is 7.82 Å². The second-order valence-corrected chi connectivity index (χ2v) is 3.52. The molecule has 11 heavy (non-hydrogen) atoms. The summed E-state index contributed by atoms with van der Waals surface area (Å²) in [6, 6.07) is 0. The van der Waals surface area contributed by atoms with Crippen LogP contribution < -0.4 is 4.89 Å². The second-order valence-electron chi connectivity index (χ2n) is 2.37. The molecule has 66 valence electrons. The summed E-state index contributed by atoms with van der Waals surface area (Å²) in [7, 11) is -4.61. The minimum Gasteiger partial charge on any atom is -0.756 e. The minimum absolute atomic E-state index is 0.491. The fraction of sp³-hybridized carbons (Fsp3) is 1.00. The molecule has 0 aromatic carbocycles. The van der Waals surface area contributed by atoms with E-state index in [0.29, 0.717) is 13.0 Å². The van der Waals surface area contributed by atoms with Crippen molar-refractivity contribution in [3.05, 3.63) is 0 Å². The lowest BCUT2D eigenvalue weighted by Crippen LogP contribution is -2.23. The summed E-state index contributed by atoms with van der Waals surface area (Å²) in [6.45, 7) is 0.491. The standard InChI is InChI=1S/C5H11O5P/c6-11(7,8)10-5-3-1-2-4-9-5/h5H,1-4H2,(H2,6,7,8)/p-1/t5-/m1/s1. The highest BCUT2D eigenvalue weighted by Crippen LogP contribution is 2.34. The fourth-order valence-electron chi connectivity index (χ4n) is 0.943. The van der Waals surface area contributed by atoms with Crippen LogP contribution in [0, 0.1) is 0 Å². The Bertz CT molecular complexity index is 158. The summed E-state index contributed by atoms with van der Waals surface area (Å²) < 4.78 is 19.3. The molecule has 6 heteroatoms. The summed E-state index contributed by atoms with van der Waals surface area (Å²) in [5.74, 6) is 0. The zero-order chi connectivity index (χ0) is 8.32. The molecule has 0 spiro atoms. The van der Waals surface area contributed by atoms with E-state index in [1.807, 2.05) is 0 Å². The average Bonchev–Trinajstić information content (AvgIpc) is 1.85. The molecule has 1 N–H and O–H groups in total. The molecule has 0 radical (unpaired) electrons. The van der Waals surface area contributed by atoms with Crippen LogP contribution in [0.1, 0.15) is 19.3 Å². The van der Waals surface area contributed by atoms with Gasteiger partial charge in [0.05, 0.1) is 0 Å². The van der Waals surface area contributed by atoms with Gasteiger partial charge in [-0.2, -0.15) is 0 Å². The first kappa shape index (κ1) is 9.16. The third kappa shape index (κ3) is 3.84. The third-order valence-corrected chi connectivity index (χ3v) is 1.89. The van der Waals surface area contributed by atoms with E-state index in [2.05, 4.69) is 4.52 Å². The highest BCUT2D eigenvalue weighted by Gasteiger charge is 2.18. The highest BCUT2D eigenvalue weighted by atomic mass is 31.2. The third-order valence-electron chi connectivity index (χ3n) is 1.39. The Morgan fingerprint density at radius 2 is 2.36 bits per heavy atom. The predicted molar refractivity (Wildman–Crippen MR) is 34.5 cm³/mol. The molecule has 0 aromatic rings. The topological polar surface area (TPSA) is 78.8 Å². The molecule has 1 rings (SSSR count). The van der Waals surface area contributed by atoms with Crippen LogP contribution in [0.3, 0.4) is 0 Å². The maximum absolute atomic E-state index is 10.2. The molecule has 1 aliphatic heterocycles. The molecule has 1 heterocycles. The molecular formula is C5H10O5P-. The van der Waals surface area contributed by atoms with Crippen molar-refractivity contribution in [2.45, 2.75) is 25.6 Å². The lowest BCUT2D eigenvalue weighted by molar-refractivity contribution is -0.243. The number of phosphoric acid groups is 1. The summed E-state index contributed by atoms with van der Waals surface area (Å²) in [5, 5.41) is 0. The molecule has 0 aliphatic carbocycles. The van der Waals surface area contributed by atoms with Crippen molar-refractivity contribution in [3.63, 3.8) is 0 Å². The van der Waals surface area contributed by atoms with Crippen LogP contribution in [0.15, 0.2) is 0 Å². The zero-order valence-corrected chi connectivity index (χ0v) is 6.83. The van der Waals surface area contributed by atoms with E-state index in [-0.39, 0.29) is 0 Å². The summed E-state index contributed by atoms with van der Waals surface area (Å²) in [6.07, 6.45) is 1.52. The van der Waals surface area contributed by atoms with Crippen LogP contribution in [0.2, 0.25) is 0 Å². The molecule has 0 bridgehead atoms. The molecule has 0 aromatic heterocycles. The van der Waals surface area contributed by atoms with Gasteiger partial charge in [-0.1, -0.05) is 0 Å². The maximum atomic E-state index is 10.2. The molecule has 1 fully saturated rings. The molecule has 1 saturated heterocycles. The van der Waals surface area contributed by atoms with Crippen LogP contribution in [0.5, 0.6) is 0 Å². The first-order valence-electron chi connectivity index (χ1n) is 3.42. The molecule has 1 unspecified atom stereocenters. The SMILES string of the molecule is O=P([O-])(O)O[C@@H]1CCCCO1. The fourth-order valence-corrected chi connectivity index (χ4v) is 1.41. The van der Waals surface area contributed by atoms with Crippen LogP contribution in [-0.4, -0.2) is 17.8 Å². The van der Waals surface area contributed by atoms with E-state index < -0.39 is 14.1 Å². The van der Waals surface area contributed by atoms with Gasteiger partial charge in [-0.25, -0.2) is 0 Å². The van der Waals surface area contributed by atoms with Crippen LogP contribution in [0.4, 0.5) is 0 Å². The number of ether oxygens (including phenoxy) is 1. The van der Waals surface area contributed by atoms with Gasteiger partial charge in [0.2, 0.25) is 0 Å². The van der Waals surface area contributed by atoms with Crippen LogP contribution in [0.25, 0.3) is 0 Å². The largest absolute Gasteiger partial charge is 0.756 e. The normalized spacial score (nSPS) is 31.3. The Kier molecular flexibility index (Phi) is 3.04. The Morgan fingerprint density at radius 3 is 2.82 bits per heavy atom. The van der Waals surface area contributed by atoms with Gasteiger partial charge < -0.3 is 14.5 Å². The van der Waals surface area contributed by atoms with Crippen molar-refractivity contribution >= 4 is 7.82 Å². The van der Waals surface area contributed by atoms with Crippen molar-refractivity contribution in [2.75, 3.05) is 6.61 Å². The summed E-state index contributed by atoms with van der Waals surface area (Å²) >= 11 is 0. The maximum Gasteiger partial charge on any atom is 0.267 e. The van der Waals surface area contributed by atoms with Crippen molar-refractivity contribution in [1.29, 1.82) is 0 Å². The average molecular weight is 181 g/mol. The number of hydrogen-bond acceptors (Lipinski definition) is 4. The number of phosphoric ester groups is 1. The Morgan fingerprint density at radius 1 is 1.64 bits per heavy atom. The van der Waals surface area contributed by atoms with E-state index in [1.54, 1.807) is 0 Å². The number of rotatable bonds is 2. The van der Waals surface area contributed by atoms with E-state index in [9.17, 15) is 9.46 Å². The van der Waals surface area contributed by atoms with Crippen molar-refractivity contribution in [3.8, 4) is 0 Å². The van der Waals surface area contributed by atoms with Gasteiger partial charge in [0.25, 0.3) is 7.82 Å². The van der Waals surface area contributed by atoms with Gasteiger partial charge in [-0.15, -0.1) is 0 Å². The van der Waals surface area contributed by atoms with E-state index in [4.69, 9.17) is 9.63 Å². The van der Waals surface area contributed by atoms with Crippen molar-refractivity contribution < 1.29 is 23.6 Å².